The number of esters is 1. The fraction of sp³-hybridized carbons (Fsp3) is 0.211. The highest BCUT2D eigenvalue weighted by Gasteiger charge is 2.20. The second kappa shape index (κ2) is 8.62. The maximum absolute atomic E-state index is 12.2. The lowest BCUT2D eigenvalue weighted by Gasteiger charge is -2.19. The van der Waals surface area contributed by atoms with Crippen LogP contribution in [0.5, 0.6) is 11.5 Å². The summed E-state index contributed by atoms with van der Waals surface area (Å²) in [4.78, 5) is 35.9. The predicted octanol–water partition coefficient (Wildman–Crippen LogP) is 2.27. The van der Waals surface area contributed by atoms with Crippen LogP contribution < -0.4 is 20.1 Å². The SMILES string of the molecule is CNC(=O)c1cccc(NC(=O)COC(=O)c2cc(Cl)c3c(c2)OCCO3)c1. The third-order valence-corrected chi connectivity index (χ3v) is 4.08. The van der Waals surface area contributed by atoms with Crippen LogP contribution >= 0.6 is 11.6 Å². The Morgan fingerprint density at radius 2 is 1.89 bits per heavy atom. The van der Waals surface area contributed by atoms with Crippen LogP contribution in [0.3, 0.4) is 0 Å². The molecule has 2 N–H and O–H groups in total. The van der Waals surface area contributed by atoms with Gasteiger partial charge in [0.15, 0.2) is 18.1 Å². The molecule has 0 aromatic heterocycles. The van der Waals surface area contributed by atoms with E-state index in [4.69, 9.17) is 25.8 Å². The number of anilines is 1. The summed E-state index contributed by atoms with van der Waals surface area (Å²) in [5, 5.41) is 5.28. The lowest BCUT2D eigenvalue weighted by molar-refractivity contribution is -0.119. The van der Waals surface area contributed by atoms with E-state index in [1.807, 2.05) is 0 Å². The van der Waals surface area contributed by atoms with Crippen molar-refractivity contribution >= 4 is 35.1 Å². The number of nitrogens with one attached hydrogen (secondary N) is 2. The van der Waals surface area contributed by atoms with E-state index in [1.165, 1.54) is 25.2 Å². The summed E-state index contributed by atoms with van der Waals surface area (Å²) in [5.74, 6) is -0.837. The van der Waals surface area contributed by atoms with Gasteiger partial charge in [-0.25, -0.2) is 4.79 Å². The van der Waals surface area contributed by atoms with Crippen molar-refractivity contribution in [3.05, 3.63) is 52.5 Å². The molecule has 0 spiro atoms. The normalized spacial score (nSPS) is 12.1. The molecule has 0 unspecified atom stereocenters. The number of hydrogen-bond donors (Lipinski definition) is 2. The summed E-state index contributed by atoms with van der Waals surface area (Å²) < 4.78 is 15.8. The van der Waals surface area contributed by atoms with E-state index in [0.717, 1.165) is 0 Å². The first kappa shape index (κ1) is 19.5. The van der Waals surface area contributed by atoms with E-state index in [0.29, 0.717) is 36.0 Å². The maximum Gasteiger partial charge on any atom is 0.338 e. The van der Waals surface area contributed by atoms with Crippen LogP contribution in [0.4, 0.5) is 5.69 Å². The Hall–Kier alpha value is -3.26. The van der Waals surface area contributed by atoms with Crippen LogP contribution in [-0.4, -0.2) is 44.7 Å². The molecule has 1 aliphatic rings. The maximum atomic E-state index is 12.2. The minimum Gasteiger partial charge on any atom is -0.486 e. The van der Waals surface area contributed by atoms with Gasteiger partial charge in [0.05, 0.1) is 10.6 Å². The van der Waals surface area contributed by atoms with Gasteiger partial charge in [-0.1, -0.05) is 17.7 Å². The molecule has 1 aliphatic heterocycles. The molecule has 3 rings (SSSR count). The Morgan fingerprint density at radius 3 is 2.68 bits per heavy atom. The predicted molar refractivity (Wildman–Crippen MR) is 101 cm³/mol. The lowest BCUT2D eigenvalue weighted by Crippen LogP contribution is -2.22. The Morgan fingerprint density at radius 1 is 1.11 bits per heavy atom. The minimum atomic E-state index is -0.729. The molecule has 146 valence electrons. The number of hydrogen-bond acceptors (Lipinski definition) is 6. The smallest absolute Gasteiger partial charge is 0.338 e. The second-order valence-corrected chi connectivity index (χ2v) is 6.17. The molecule has 2 amide bonds. The number of carbonyl (C=O) groups excluding carboxylic acids is 3. The number of amides is 2. The summed E-state index contributed by atoms with van der Waals surface area (Å²) >= 11 is 6.09. The molecule has 0 fully saturated rings. The van der Waals surface area contributed by atoms with Gasteiger partial charge >= 0.3 is 5.97 Å². The molecule has 8 nitrogen and oxygen atoms in total. The Balaban J connectivity index is 1.60. The van der Waals surface area contributed by atoms with Crippen LogP contribution in [0.1, 0.15) is 20.7 Å². The summed E-state index contributed by atoms with van der Waals surface area (Å²) in [6, 6.07) is 9.21. The second-order valence-electron chi connectivity index (χ2n) is 5.77. The number of ether oxygens (including phenoxy) is 3. The van der Waals surface area contributed by atoms with Gasteiger partial charge in [-0.3, -0.25) is 9.59 Å². The van der Waals surface area contributed by atoms with Crippen molar-refractivity contribution in [1.29, 1.82) is 0 Å². The first-order valence-electron chi connectivity index (χ1n) is 8.36. The molecule has 0 saturated carbocycles. The zero-order valence-electron chi connectivity index (χ0n) is 14.9. The minimum absolute atomic E-state index is 0.142. The number of carbonyl (C=O) groups is 3. The highest BCUT2D eigenvalue weighted by atomic mass is 35.5. The van der Waals surface area contributed by atoms with E-state index < -0.39 is 18.5 Å². The molecule has 0 radical (unpaired) electrons. The van der Waals surface area contributed by atoms with Crippen molar-refractivity contribution in [2.45, 2.75) is 0 Å². The molecular weight excluding hydrogens is 388 g/mol. The van der Waals surface area contributed by atoms with Gasteiger partial charge in [0.2, 0.25) is 0 Å². The highest BCUT2D eigenvalue weighted by Crippen LogP contribution is 2.38. The first-order chi connectivity index (χ1) is 13.5. The zero-order chi connectivity index (χ0) is 20.1. The van der Waals surface area contributed by atoms with Gasteiger partial charge < -0.3 is 24.8 Å². The fourth-order valence-corrected chi connectivity index (χ4v) is 2.79. The molecular formula is C19H17ClN2O6. The van der Waals surface area contributed by atoms with Gasteiger partial charge in [-0.2, -0.15) is 0 Å². The molecule has 2 aromatic rings. The van der Waals surface area contributed by atoms with Crippen LogP contribution in [-0.2, 0) is 9.53 Å². The van der Waals surface area contributed by atoms with E-state index in [-0.39, 0.29) is 16.5 Å². The average molecular weight is 405 g/mol. The molecule has 0 atom stereocenters. The molecule has 9 heteroatoms. The van der Waals surface area contributed by atoms with Crippen molar-refractivity contribution in [2.24, 2.45) is 0 Å². The standard InChI is InChI=1S/C19H17ClN2O6/c1-21-18(24)11-3-2-4-13(7-11)22-16(23)10-28-19(25)12-8-14(20)17-15(9-12)26-5-6-27-17/h2-4,7-9H,5-6,10H2,1H3,(H,21,24)(H,22,23). The lowest BCUT2D eigenvalue weighted by atomic mass is 10.2. The Bertz CT molecular complexity index is 931. The molecule has 0 aliphatic carbocycles. The molecule has 0 bridgehead atoms. The third kappa shape index (κ3) is 4.52. The number of benzene rings is 2. The van der Waals surface area contributed by atoms with E-state index in [9.17, 15) is 14.4 Å². The number of fused-ring (bicyclic) bond motifs is 1. The van der Waals surface area contributed by atoms with Crippen molar-refractivity contribution in [1.82, 2.24) is 5.32 Å². The monoisotopic (exact) mass is 404 g/mol. The topological polar surface area (TPSA) is 103 Å². The molecule has 0 saturated heterocycles. The highest BCUT2D eigenvalue weighted by molar-refractivity contribution is 6.32. The quantitative estimate of drug-likeness (QED) is 0.741. The number of halogens is 1. The van der Waals surface area contributed by atoms with Crippen LogP contribution in [0.15, 0.2) is 36.4 Å². The number of rotatable bonds is 5. The van der Waals surface area contributed by atoms with Crippen LogP contribution in [0.2, 0.25) is 5.02 Å². The van der Waals surface area contributed by atoms with Crippen molar-refractivity contribution in [3.63, 3.8) is 0 Å². The Labute approximate surface area is 165 Å². The third-order valence-electron chi connectivity index (χ3n) is 3.80. The summed E-state index contributed by atoms with van der Waals surface area (Å²) in [6.07, 6.45) is 0. The van der Waals surface area contributed by atoms with Gasteiger partial charge in [0.25, 0.3) is 11.8 Å². The van der Waals surface area contributed by atoms with Gasteiger partial charge in [-0.05, 0) is 30.3 Å². The van der Waals surface area contributed by atoms with Crippen molar-refractivity contribution in [2.75, 3.05) is 32.2 Å². The van der Waals surface area contributed by atoms with Gasteiger partial charge in [0.1, 0.15) is 13.2 Å². The zero-order valence-corrected chi connectivity index (χ0v) is 15.7. The molecule has 2 aromatic carbocycles. The fourth-order valence-electron chi connectivity index (χ4n) is 2.52. The van der Waals surface area contributed by atoms with Crippen molar-refractivity contribution in [3.8, 4) is 11.5 Å². The summed E-state index contributed by atoms with van der Waals surface area (Å²) in [7, 11) is 1.51. The van der Waals surface area contributed by atoms with Gasteiger partial charge in [-0.15, -0.1) is 0 Å². The first-order valence-corrected chi connectivity index (χ1v) is 8.74. The van der Waals surface area contributed by atoms with Gasteiger partial charge in [0, 0.05) is 18.3 Å². The van der Waals surface area contributed by atoms with Crippen LogP contribution in [0, 0.1) is 0 Å². The van der Waals surface area contributed by atoms with Crippen molar-refractivity contribution < 1.29 is 28.6 Å². The Kier molecular flexibility index (Phi) is 6.00. The van der Waals surface area contributed by atoms with E-state index in [2.05, 4.69) is 10.6 Å². The molecule has 28 heavy (non-hydrogen) atoms. The van der Waals surface area contributed by atoms with Crippen LogP contribution in [0.25, 0.3) is 0 Å². The van der Waals surface area contributed by atoms with E-state index >= 15 is 0 Å². The average Bonchev–Trinajstić information content (AvgIpc) is 2.71. The largest absolute Gasteiger partial charge is 0.486 e. The summed E-state index contributed by atoms with van der Waals surface area (Å²) in [5.41, 5.74) is 0.941. The summed E-state index contributed by atoms with van der Waals surface area (Å²) in [6.45, 7) is 0.215. The van der Waals surface area contributed by atoms with E-state index in [1.54, 1.807) is 18.2 Å². The molecule has 1 heterocycles.